The Hall–Kier alpha value is -3.00. The lowest BCUT2D eigenvalue weighted by molar-refractivity contribution is -0.151. The summed E-state index contributed by atoms with van der Waals surface area (Å²) in [4.78, 5) is 20.0. The van der Waals surface area contributed by atoms with Gasteiger partial charge in [-0.15, -0.1) is 0 Å². The summed E-state index contributed by atoms with van der Waals surface area (Å²) in [6.45, 7) is 0. The second kappa shape index (κ2) is 10.9. The molecule has 2 unspecified atom stereocenters. The largest absolute Gasteiger partial charge is 0.479 e. The molecule has 3 aromatic rings. The average molecular weight is 444 g/mol. The molecular formula is C23H23ClFN3O3. The van der Waals surface area contributed by atoms with Gasteiger partial charge in [-0.2, -0.15) is 0 Å². The fourth-order valence-corrected chi connectivity index (χ4v) is 3.53. The molecule has 0 amide bonds. The maximum atomic E-state index is 13.4. The number of benzene rings is 2. The van der Waals surface area contributed by atoms with Crippen molar-refractivity contribution in [1.82, 2.24) is 9.55 Å². The third-order valence-electron chi connectivity index (χ3n) is 5.00. The van der Waals surface area contributed by atoms with E-state index in [1.807, 2.05) is 29.0 Å². The number of aliphatic carboxylic acids is 1. The Kier molecular flexibility index (Phi) is 7.94. The predicted molar refractivity (Wildman–Crippen MR) is 117 cm³/mol. The van der Waals surface area contributed by atoms with Crippen LogP contribution in [-0.2, 0) is 16.1 Å². The summed E-state index contributed by atoms with van der Waals surface area (Å²) in [5.41, 5.74) is 2.85. The number of carboxylic acid groups (broad SMARTS) is 1. The lowest BCUT2D eigenvalue weighted by Gasteiger charge is -2.23. The number of carboxylic acids is 1. The molecule has 6 nitrogen and oxygen atoms in total. The van der Waals surface area contributed by atoms with E-state index in [1.165, 1.54) is 12.1 Å². The van der Waals surface area contributed by atoms with Crippen LogP contribution in [0.1, 0.15) is 30.0 Å². The van der Waals surface area contributed by atoms with Crippen LogP contribution in [0.25, 0.3) is 5.57 Å². The normalized spacial score (nSPS) is 13.7. The predicted octanol–water partition coefficient (Wildman–Crippen LogP) is 4.67. The summed E-state index contributed by atoms with van der Waals surface area (Å²) in [6, 6.07) is 13.6. The van der Waals surface area contributed by atoms with Crippen LogP contribution in [0.3, 0.4) is 0 Å². The smallest absolute Gasteiger partial charge is 0.334 e. The van der Waals surface area contributed by atoms with Gasteiger partial charge in [0.05, 0.1) is 12.4 Å². The minimum absolute atomic E-state index is 0.156. The molecule has 0 aliphatic carbocycles. The maximum absolute atomic E-state index is 13.4. The number of nitrogens with zero attached hydrogens (tertiary/aromatic N) is 2. The van der Waals surface area contributed by atoms with E-state index in [1.54, 1.807) is 36.8 Å². The van der Waals surface area contributed by atoms with Gasteiger partial charge in [-0.3, -0.25) is 4.84 Å². The molecule has 0 aliphatic heterocycles. The number of halogens is 2. The Bertz CT molecular complexity index is 1010. The number of hydrogen-bond acceptors (Lipinski definition) is 4. The molecule has 0 fully saturated rings. The SMILES string of the molecule is NOC(CC/C=C(\c1ccc(Cl)cc1)C(Cc1ccc(F)cc1)n1ccnc1)C(=O)O. The topological polar surface area (TPSA) is 90.4 Å². The van der Waals surface area contributed by atoms with Gasteiger partial charge in [0.2, 0.25) is 0 Å². The van der Waals surface area contributed by atoms with Crippen molar-refractivity contribution in [2.75, 3.05) is 0 Å². The summed E-state index contributed by atoms with van der Waals surface area (Å²) < 4.78 is 15.4. The quantitative estimate of drug-likeness (QED) is 0.444. The molecule has 0 saturated carbocycles. The average Bonchev–Trinajstić information content (AvgIpc) is 3.29. The summed E-state index contributed by atoms with van der Waals surface area (Å²) in [5, 5.41) is 9.79. The fraction of sp³-hybridized carbons (Fsp3) is 0.217. The lowest BCUT2D eigenvalue weighted by Crippen LogP contribution is -2.26. The number of hydrogen-bond donors (Lipinski definition) is 2. The molecular weight excluding hydrogens is 421 g/mol. The number of rotatable bonds is 10. The molecule has 2 atom stereocenters. The second-order valence-electron chi connectivity index (χ2n) is 7.06. The minimum Gasteiger partial charge on any atom is -0.479 e. The van der Waals surface area contributed by atoms with Gasteiger partial charge in [0.25, 0.3) is 0 Å². The first-order valence-corrected chi connectivity index (χ1v) is 10.1. The van der Waals surface area contributed by atoms with Gasteiger partial charge in [0, 0.05) is 17.4 Å². The molecule has 1 aromatic heterocycles. The van der Waals surface area contributed by atoms with Crippen LogP contribution < -0.4 is 5.90 Å². The fourth-order valence-electron chi connectivity index (χ4n) is 3.40. The number of carbonyl (C=O) groups is 1. The van der Waals surface area contributed by atoms with Crippen molar-refractivity contribution in [3.8, 4) is 0 Å². The minimum atomic E-state index is -1.11. The molecule has 0 saturated heterocycles. The number of nitrogens with two attached hydrogens (primary N) is 1. The van der Waals surface area contributed by atoms with Crippen molar-refractivity contribution in [1.29, 1.82) is 0 Å². The van der Waals surface area contributed by atoms with Crippen LogP contribution in [-0.4, -0.2) is 26.7 Å². The second-order valence-corrected chi connectivity index (χ2v) is 7.50. The van der Waals surface area contributed by atoms with Crippen molar-refractivity contribution in [3.63, 3.8) is 0 Å². The molecule has 0 aliphatic rings. The lowest BCUT2D eigenvalue weighted by atomic mass is 9.91. The van der Waals surface area contributed by atoms with E-state index in [9.17, 15) is 14.3 Å². The zero-order chi connectivity index (χ0) is 22.2. The molecule has 0 radical (unpaired) electrons. The summed E-state index contributed by atoms with van der Waals surface area (Å²) >= 11 is 6.07. The van der Waals surface area contributed by atoms with E-state index in [2.05, 4.69) is 9.82 Å². The van der Waals surface area contributed by atoms with E-state index in [0.717, 1.165) is 16.7 Å². The van der Waals surface area contributed by atoms with Crippen LogP contribution in [0.4, 0.5) is 4.39 Å². The van der Waals surface area contributed by atoms with Gasteiger partial charge in [0.1, 0.15) is 5.82 Å². The van der Waals surface area contributed by atoms with Crippen LogP contribution in [0.2, 0.25) is 5.02 Å². The summed E-state index contributed by atoms with van der Waals surface area (Å²) in [6.07, 6.45) is 7.40. The highest BCUT2D eigenvalue weighted by Gasteiger charge is 2.20. The Morgan fingerprint density at radius 1 is 1.23 bits per heavy atom. The van der Waals surface area contributed by atoms with Crippen LogP contribution in [0.15, 0.2) is 73.3 Å². The van der Waals surface area contributed by atoms with E-state index in [4.69, 9.17) is 17.5 Å². The van der Waals surface area contributed by atoms with Gasteiger partial charge >= 0.3 is 5.97 Å². The van der Waals surface area contributed by atoms with Crippen LogP contribution >= 0.6 is 11.6 Å². The Morgan fingerprint density at radius 2 is 1.94 bits per heavy atom. The third-order valence-corrected chi connectivity index (χ3v) is 5.25. The standard InChI is InChI=1S/C23H23ClFN3O3/c24-18-8-6-17(7-9-18)20(2-1-3-22(31-26)23(29)30)21(28-13-12-27-15-28)14-16-4-10-19(25)11-5-16/h2,4-13,15,21-22H,1,3,14,26H2,(H,29,30)/b20-2+. The molecule has 31 heavy (non-hydrogen) atoms. The Morgan fingerprint density at radius 3 is 2.52 bits per heavy atom. The van der Waals surface area contributed by atoms with Crippen molar-refractivity contribution < 1.29 is 19.1 Å². The first kappa shape index (κ1) is 22.7. The highest BCUT2D eigenvalue weighted by Crippen LogP contribution is 2.32. The number of aromatic nitrogens is 2. The first-order valence-electron chi connectivity index (χ1n) is 9.74. The van der Waals surface area contributed by atoms with Gasteiger partial charge in [-0.05, 0) is 60.2 Å². The molecule has 1 heterocycles. The van der Waals surface area contributed by atoms with Gasteiger partial charge in [-0.25, -0.2) is 20.1 Å². The van der Waals surface area contributed by atoms with Crippen LogP contribution in [0.5, 0.6) is 0 Å². The van der Waals surface area contributed by atoms with Crippen molar-refractivity contribution in [2.45, 2.75) is 31.4 Å². The number of allylic oxidation sites excluding steroid dienone is 2. The molecule has 162 valence electrons. The van der Waals surface area contributed by atoms with Gasteiger partial charge in [-0.1, -0.05) is 41.9 Å². The molecule has 0 spiro atoms. The van der Waals surface area contributed by atoms with E-state index in [0.29, 0.717) is 17.9 Å². The van der Waals surface area contributed by atoms with E-state index >= 15 is 0 Å². The van der Waals surface area contributed by atoms with E-state index in [-0.39, 0.29) is 18.3 Å². The molecule has 8 heteroatoms. The Labute approximate surface area is 184 Å². The van der Waals surface area contributed by atoms with E-state index < -0.39 is 12.1 Å². The van der Waals surface area contributed by atoms with Crippen molar-refractivity contribution >= 4 is 23.1 Å². The monoisotopic (exact) mass is 443 g/mol. The summed E-state index contributed by atoms with van der Waals surface area (Å²) in [5.74, 6) is 3.71. The number of imidazole rings is 1. The van der Waals surface area contributed by atoms with Crippen LogP contribution in [0, 0.1) is 5.82 Å². The Balaban J connectivity index is 1.97. The summed E-state index contributed by atoms with van der Waals surface area (Å²) in [7, 11) is 0. The zero-order valence-corrected chi connectivity index (χ0v) is 17.5. The first-order chi connectivity index (χ1) is 15.0. The van der Waals surface area contributed by atoms with Crippen molar-refractivity contribution in [2.24, 2.45) is 5.90 Å². The highest BCUT2D eigenvalue weighted by molar-refractivity contribution is 6.30. The zero-order valence-electron chi connectivity index (χ0n) is 16.7. The molecule has 3 N–H and O–H groups in total. The third kappa shape index (κ3) is 6.24. The van der Waals surface area contributed by atoms with Gasteiger partial charge in [0.15, 0.2) is 6.10 Å². The highest BCUT2D eigenvalue weighted by atomic mass is 35.5. The molecule has 2 aromatic carbocycles. The molecule has 3 rings (SSSR count). The maximum Gasteiger partial charge on any atom is 0.334 e. The molecule has 0 bridgehead atoms. The van der Waals surface area contributed by atoms with Gasteiger partial charge < -0.3 is 9.67 Å². The van der Waals surface area contributed by atoms with Crippen molar-refractivity contribution in [3.05, 3.63) is 95.3 Å².